The Labute approximate surface area is 113 Å². The van der Waals surface area contributed by atoms with E-state index in [-0.39, 0.29) is 0 Å². The van der Waals surface area contributed by atoms with Gasteiger partial charge in [0.25, 0.3) is 0 Å². The Kier molecular flexibility index (Phi) is 3.10. The van der Waals surface area contributed by atoms with E-state index in [1.54, 1.807) is 12.4 Å². The second-order valence-electron chi connectivity index (χ2n) is 4.04. The summed E-state index contributed by atoms with van der Waals surface area (Å²) in [6.07, 6.45) is 3.41. The van der Waals surface area contributed by atoms with E-state index in [1.165, 1.54) is 0 Å². The maximum absolute atomic E-state index is 4.35. The summed E-state index contributed by atoms with van der Waals surface area (Å²) in [6, 6.07) is 4.05. The fourth-order valence-corrected chi connectivity index (χ4v) is 2.51. The molecule has 92 valence electrons. The predicted octanol–water partition coefficient (Wildman–Crippen LogP) is -0.478. The van der Waals surface area contributed by atoms with Crippen molar-refractivity contribution < 1.29 is 4.99 Å². The minimum atomic E-state index is 0.739. The first-order chi connectivity index (χ1) is 8.84. The second kappa shape index (κ2) is 4.89. The first-order valence-corrected chi connectivity index (χ1v) is 6.60. The fourth-order valence-electron chi connectivity index (χ4n) is 1.93. The van der Waals surface area contributed by atoms with Crippen molar-refractivity contribution in [2.45, 2.75) is 6.54 Å². The highest BCUT2D eigenvalue weighted by Crippen LogP contribution is 2.24. The quantitative estimate of drug-likeness (QED) is 0.701. The summed E-state index contributed by atoms with van der Waals surface area (Å²) < 4.78 is 0.999. The number of aromatic nitrogens is 2. The highest BCUT2D eigenvalue weighted by Gasteiger charge is 2.13. The van der Waals surface area contributed by atoms with Crippen LogP contribution in [0.3, 0.4) is 0 Å². The van der Waals surface area contributed by atoms with Crippen LogP contribution in [0.2, 0.25) is 0 Å². The summed E-state index contributed by atoms with van der Waals surface area (Å²) in [7, 11) is 0. The van der Waals surface area contributed by atoms with E-state index in [4.69, 9.17) is 0 Å². The SMILES string of the molecule is Brc1c(CNC2=[NH+]CCN2)ccc2nccnc12. The molecule has 0 amide bonds. The molecule has 0 radical (unpaired) electrons. The number of rotatable bonds is 2. The van der Waals surface area contributed by atoms with Crippen molar-refractivity contribution in [2.24, 2.45) is 0 Å². The summed E-state index contributed by atoms with van der Waals surface area (Å²) >= 11 is 3.60. The zero-order valence-corrected chi connectivity index (χ0v) is 11.3. The van der Waals surface area contributed by atoms with Crippen molar-refractivity contribution in [1.82, 2.24) is 20.6 Å². The van der Waals surface area contributed by atoms with Crippen molar-refractivity contribution >= 4 is 32.9 Å². The Balaban J connectivity index is 1.85. The topological polar surface area (TPSA) is 63.8 Å². The number of nitrogens with one attached hydrogen (secondary N) is 3. The molecule has 0 spiro atoms. The van der Waals surface area contributed by atoms with Gasteiger partial charge in [-0.05, 0) is 22.0 Å². The van der Waals surface area contributed by atoms with Crippen molar-refractivity contribution in [3.8, 4) is 0 Å². The Morgan fingerprint density at radius 1 is 1.33 bits per heavy atom. The molecule has 2 aromatic rings. The smallest absolute Gasteiger partial charge is 0.275 e. The molecule has 3 N–H and O–H groups in total. The molecule has 0 aliphatic carbocycles. The Morgan fingerprint density at radius 3 is 3.06 bits per heavy atom. The number of hydrogen-bond donors (Lipinski definition) is 3. The van der Waals surface area contributed by atoms with Gasteiger partial charge in [-0.3, -0.25) is 25.6 Å². The molecule has 0 fully saturated rings. The minimum absolute atomic E-state index is 0.739. The van der Waals surface area contributed by atoms with Crippen LogP contribution in [-0.2, 0) is 6.54 Å². The molecule has 1 aliphatic heterocycles. The van der Waals surface area contributed by atoms with E-state index < -0.39 is 0 Å². The van der Waals surface area contributed by atoms with E-state index >= 15 is 0 Å². The van der Waals surface area contributed by atoms with Gasteiger partial charge in [0, 0.05) is 18.0 Å². The lowest BCUT2D eigenvalue weighted by atomic mass is 10.2. The first-order valence-electron chi connectivity index (χ1n) is 5.81. The lowest BCUT2D eigenvalue weighted by molar-refractivity contribution is -0.446. The van der Waals surface area contributed by atoms with Crippen LogP contribution in [0.5, 0.6) is 0 Å². The molecule has 5 nitrogen and oxygen atoms in total. The number of halogens is 1. The standard InChI is InChI=1S/C12H12BrN5/c13-10-8(7-18-12-16-5-6-17-12)1-2-9-11(10)15-4-3-14-9/h1-4H,5-7H2,(H2,16,17,18)/p+1. The second-order valence-corrected chi connectivity index (χ2v) is 4.84. The van der Waals surface area contributed by atoms with E-state index in [2.05, 4.69) is 47.6 Å². The van der Waals surface area contributed by atoms with Crippen LogP contribution >= 0.6 is 15.9 Å². The van der Waals surface area contributed by atoms with Gasteiger partial charge in [0.05, 0.1) is 29.6 Å². The molecule has 1 aromatic heterocycles. The average Bonchev–Trinajstić information content (AvgIpc) is 2.91. The van der Waals surface area contributed by atoms with Crippen LogP contribution in [0.25, 0.3) is 11.0 Å². The zero-order chi connectivity index (χ0) is 12.4. The third-order valence-electron chi connectivity index (χ3n) is 2.84. The number of guanidine groups is 1. The van der Waals surface area contributed by atoms with Crippen LogP contribution in [-0.4, -0.2) is 29.0 Å². The third-order valence-corrected chi connectivity index (χ3v) is 3.73. The zero-order valence-electron chi connectivity index (χ0n) is 9.70. The molecule has 0 saturated heterocycles. The monoisotopic (exact) mass is 306 g/mol. The van der Waals surface area contributed by atoms with E-state index in [9.17, 15) is 0 Å². The molecule has 0 atom stereocenters. The van der Waals surface area contributed by atoms with Crippen LogP contribution in [0, 0.1) is 0 Å². The lowest BCUT2D eigenvalue weighted by Gasteiger charge is -2.06. The molecule has 0 saturated carbocycles. The number of fused-ring (bicyclic) bond motifs is 1. The molecular formula is C12H13BrN5+. The van der Waals surface area contributed by atoms with Gasteiger partial charge in [0.2, 0.25) is 0 Å². The van der Waals surface area contributed by atoms with Crippen molar-refractivity contribution in [2.75, 3.05) is 13.1 Å². The van der Waals surface area contributed by atoms with Gasteiger partial charge in [-0.1, -0.05) is 6.07 Å². The van der Waals surface area contributed by atoms with Crippen LogP contribution in [0.1, 0.15) is 5.56 Å². The molecule has 0 unspecified atom stereocenters. The molecule has 0 bridgehead atoms. The van der Waals surface area contributed by atoms with Gasteiger partial charge in [0.1, 0.15) is 5.52 Å². The Hall–Kier alpha value is -1.69. The van der Waals surface area contributed by atoms with E-state index in [0.29, 0.717) is 0 Å². The van der Waals surface area contributed by atoms with Gasteiger partial charge in [-0.15, -0.1) is 0 Å². The number of hydrogen-bond acceptors (Lipinski definition) is 4. The van der Waals surface area contributed by atoms with Gasteiger partial charge in [0.15, 0.2) is 0 Å². The van der Waals surface area contributed by atoms with Crippen LogP contribution in [0.4, 0.5) is 0 Å². The number of benzene rings is 1. The summed E-state index contributed by atoms with van der Waals surface area (Å²) in [6.45, 7) is 2.67. The Morgan fingerprint density at radius 2 is 2.22 bits per heavy atom. The molecule has 1 aromatic carbocycles. The first kappa shape index (κ1) is 11.4. The summed E-state index contributed by atoms with van der Waals surface area (Å²) in [5.74, 6) is 0.987. The van der Waals surface area contributed by atoms with Gasteiger partial charge >= 0.3 is 5.96 Å². The van der Waals surface area contributed by atoms with E-state index in [0.717, 1.165) is 46.7 Å². The summed E-state index contributed by atoms with van der Waals surface area (Å²) in [5, 5.41) is 6.55. The fraction of sp³-hybridized carbons (Fsp3) is 0.250. The summed E-state index contributed by atoms with van der Waals surface area (Å²) in [4.78, 5) is 11.9. The molecule has 3 rings (SSSR count). The molecule has 1 aliphatic rings. The maximum atomic E-state index is 4.35. The molecular weight excluding hydrogens is 294 g/mol. The predicted molar refractivity (Wildman–Crippen MR) is 72.9 cm³/mol. The largest absolute Gasteiger partial charge is 0.343 e. The highest BCUT2D eigenvalue weighted by atomic mass is 79.9. The lowest BCUT2D eigenvalue weighted by Crippen LogP contribution is -2.73. The Bertz CT molecular complexity index is 610. The van der Waals surface area contributed by atoms with Crippen molar-refractivity contribution in [3.63, 3.8) is 0 Å². The van der Waals surface area contributed by atoms with Gasteiger partial charge < -0.3 is 0 Å². The van der Waals surface area contributed by atoms with Crippen molar-refractivity contribution in [3.05, 3.63) is 34.6 Å². The van der Waals surface area contributed by atoms with E-state index in [1.807, 2.05) is 6.07 Å². The minimum Gasteiger partial charge on any atom is -0.275 e. The molecule has 6 heteroatoms. The van der Waals surface area contributed by atoms with Crippen molar-refractivity contribution in [1.29, 1.82) is 0 Å². The number of nitrogens with zero attached hydrogens (tertiary/aromatic N) is 2. The van der Waals surface area contributed by atoms with Gasteiger partial charge in [-0.2, -0.15) is 0 Å². The summed E-state index contributed by atoms with van der Waals surface area (Å²) in [5.41, 5.74) is 2.96. The molecule has 2 heterocycles. The highest BCUT2D eigenvalue weighted by molar-refractivity contribution is 9.10. The average molecular weight is 307 g/mol. The maximum Gasteiger partial charge on any atom is 0.343 e. The van der Waals surface area contributed by atoms with Crippen LogP contribution in [0.15, 0.2) is 29.0 Å². The molecule has 18 heavy (non-hydrogen) atoms. The van der Waals surface area contributed by atoms with Gasteiger partial charge in [-0.25, -0.2) is 0 Å². The van der Waals surface area contributed by atoms with Crippen LogP contribution < -0.4 is 15.6 Å². The third kappa shape index (κ3) is 2.15. The normalized spacial score (nSPS) is 14.4.